The first-order valence-electron chi connectivity index (χ1n) is 17.5. The Morgan fingerprint density at radius 1 is 0.288 bits per heavy atom. The van der Waals surface area contributed by atoms with Crippen LogP contribution in [0.15, 0.2) is 182 Å². The smallest absolute Gasteiger partial charge is 0.164 e. The lowest BCUT2D eigenvalue weighted by atomic mass is 9.94. The number of fused-ring (bicyclic) bond motifs is 5. The van der Waals surface area contributed by atoms with Crippen molar-refractivity contribution < 1.29 is 0 Å². The molecule has 0 atom stereocenters. The molecule has 0 unspecified atom stereocenters. The Morgan fingerprint density at radius 3 is 1.40 bits per heavy atom. The fraction of sp³-hybridized carbons (Fsp3) is 0. The van der Waals surface area contributed by atoms with Crippen LogP contribution in [0, 0.1) is 0 Å². The van der Waals surface area contributed by atoms with E-state index in [1.807, 2.05) is 0 Å². The molecule has 0 saturated heterocycles. The van der Waals surface area contributed by atoms with E-state index < -0.39 is 0 Å². The maximum atomic E-state index is 5.20. The summed E-state index contributed by atoms with van der Waals surface area (Å²) >= 11 is 0. The van der Waals surface area contributed by atoms with E-state index >= 15 is 0 Å². The van der Waals surface area contributed by atoms with Crippen LogP contribution in [0.2, 0.25) is 0 Å². The van der Waals surface area contributed by atoms with Crippen LogP contribution in [0.3, 0.4) is 0 Å². The SMILES string of the molecule is c1ccc(-c2cc(-c3ccc(-c4nc(-c5ccc6ccccc6c5)nc(-c5ccc6ccccc6c5)n4)cc3)nc3ccc4ccccc4c23)cc1. The number of hydrogen-bond donors (Lipinski definition) is 0. The van der Waals surface area contributed by atoms with Crippen molar-refractivity contribution in [3.63, 3.8) is 0 Å². The number of benzene rings is 8. The van der Waals surface area contributed by atoms with Gasteiger partial charge in [-0.3, -0.25) is 0 Å². The van der Waals surface area contributed by atoms with Crippen molar-refractivity contribution in [2.45, 2.75) is 0 Å². The summed E-state index contributed by atoms with van der Waals surface area (Å²) in [4.78, 5) is 20.3. The van der Waals surface area contributed by atoms with Gasteiger partial charge in [-0.1, -0.05) is 158 Å². The molecular formula is C48H30N4. The molecule has 2 heterocycles. The highest BCUT2D eigenvalue weighted by atomic mass is 15.0. The van der Waals surface area contributed by atoms with E-state index in [1.165, 1.54) is 27.1 Å². The van der Waals surface area contributed by atoms with Gasteiger partial charge in [0.25, 0.3) is 0 Å². The van der Waals surface area contributed by atoms with E-state index in [0.29, 0.717) is 17.5 Å². The molecule has 0 fully saturated rings. The van der Waals surface area contributed by atoms with E-state index in [0.717, 1.165) is 55.2 Å². The summed E-state index contributed by atoms with van der Waals surface area (Å²) in [5.74, 6) is 1.90. The summed E-state index contributed by atoms with van der Waals surface area (Å²) in [5.41, 5.74) is 8.04. The standard InChI is InChI=1S/C48H30N4/c1-2-12-33(13-3-1)42-30-44(49-43-27-26-34-14-8-9-17-41(34)45(42)43)35-20-22-36(23-21-35)46-50-47(39-24-18-31-10-4-6-15-37(31)28-39)52-48(51-46)40-25-19-32-11-5-7-16-38(32)29-40/h1-30H. The highest BCUT2D eigenvalue weighted by Crippen LogP contribution is 2.37. The molecule has 4 nitrogen and oxygen atoms in total. The van der Waals surface area contributed by atoms with Crippen molar-refractivity contribution in [3.8, 4) is 56.5 Å². The molecule has 8 aromatic carbocycles. The Kier molecular flexibility index (Phi) is 7.10. The molecule has 0 radical (unpaired) electrons. The summed E-state index contributed by atoms with van der Waals surface area (Å²) < 4.78 is 0. The predicted molar refractivity (Wildman–Crippen MR) is 215 cm³/mol. The van der Waals surface area contributed by atoms with Crippen molar-refractivity contribution in [1.82, 2.24) is 19.9 Å². The van der Waals surface area contributed by atoms with Gasteiger partial charge in [0.1, 0.15) is 0 Å². The number of rotatable bonds is 5. The number of pyridine rings is 1. The van der Waals surface area contributed by atoms with Crippen LogP contribution in [-0.2, 0) is 0 Å². The first kappa shape index (κ1) is 29.8. The van der Waals surface area contributed by atoms with Crippen molar-refractivity contribution >= 4 is 43.2 Å². The third-order valence-electron chi connectivity index (χ3n) is 9.87. The van der Waals surface area contributed by atoms with Gasteiger partial charge in [-0.2, -0.15) is 0 Å². The van der Waals surface area contributed by atoms with E-state index in [-0.39, 0.29) is 0 Å². The Bertz CT molecular complexity index is 2850. The van der Waals surface area contributed by atoms with Crippen LogP contribution >= 0.6 is 0 Å². The molecule has 242 valence electrons. The summed E-state index contributed by atoms with van der Waals surface area (Å²) in [6, 6.07) is 63.5. The van der Waals surface area contributed by atoms with Gasteiger partial charge < -0.3 is 0 Å². The van der Waals surface area contributed by atoms with E-state index in [1.54, 1.807) is 0 Å². The fourth-order valence-electron chi connectivity index (χ4n) is 7.21. The summed E-state index contributed by atoms with van der Waals surface area (Å²) in [6.07, 6.45) is 0. The van der Waals surface area contributed by atoms with Crippen molar-refractivity contribution in [2.75, 3.05) is 0 Å². The second-order valence-corrected chi connectivity index (χ2v) is 13.1. The first-order chi connectivity index (χ1) is 25.7. The van der Waals surface area contributed by atoms with E-state index in [9.17, 15) is 0 Å². The summed E-state index contributed by atoms with van der Waals surface area (Å²) in [6.45, 7) is 0. The molecule has 0 spiro atoms. The molecule has 0 aliphatic rings. The quantitative estimate of drug-likeness (QED) is 0.172. The molecule has 0 saturated carbocycles. The Hall–Kier alpha value is -7.04. The molecule has 0 aliphatic carbocycles. The molecule has 0 bridgehead atoms. The van der Waals surface area contributed by atoms with Gasteiger partial charge in [-0.05, 0) is 67.7 Å². The average molecular weight is 663 g/mol. The topological polar surface area (TPSA) is 51.6 Å². The maximum absolute atomic E-state index is 5.20. The van der Waals surface area contributed by atoms with Crippen LogP contribution in [0.4, 0.5) is 0 Å². The number of nitrogens with zero attached hydrogens (tertiary/aromatic N) is 4. The van der Waals surface area contributed by atoms with Gasteiger partial charge in [0.2, 0.25) is 0 Å². The summed E-state index contributed by atoms with van der Waals surface area (Å²) in [5, 5.41) is 8.21. The summed E-state index contributed by atoms with van der Waals surface area (Å²) in [7, 11) is 0. The highest BCUT2D eigenvalue weighted by molar-refractivity contribution is 6.13. The minimum absolute atomic E-state index is 0.621. The maximum Gasteiger partial charge on any atom is 0.164 e. The highest BCUT2D eigenvalue weighted by Gasteiger charge is 2.16. The Morgan fingerprint density at radius 2 is 0.769 bits per heavy atom. The first-order valence-corrected chi connectivity index (χ1v) is 17.5. The van der Waals surface area contributed by atoms with Gasteiger partial charge in [-0.25, -0.2) is 19.9 Å². The molecule has 4 heteroatoms. The third kappa shape index (κ3) is 5.34. The van der Waals surface area contributed by atoms with Crippen molar-refractivity contribution in [3.05, 3.63) is 182 Å². The zero-order chi connectivity index (χ0) is 34.4. The van der Waals surface area contributed by atoms with Crippen LogP contribution in [0.25, 0.3) is 99.8 Å². The molecule has 10 aromatic rings. The third-order valence-corrected chi connectivity index (χ3v) is 9.87. The molecule has 0 aliphatic heterocycles. The van der Waals surface area contributed by atoms with Crippen LogP contribution < -0.4 is 0 Å². The second-order valence-electron chi connectivity index (χ2n) is 13.1. The molecule has 10 rings (SSSR count). The minimum Gasteiger partial charge on any atom is -0.248 e. The van der Waals surface area contributed by atoms with E-state index in [4.69, 9.17) is 19.9 Å². The van der Waals surface area contributed by atoms with Gasteiger partial charge in [-0.15, -0.1) is 0 Å². The minimum atomic E-state index is 0.621. The predicted octanol–water partition coefficient (Wildman–Crippen LogP) is 12.2. The molecule has 2 aromatic heterocycles. The van der Waals surface area contributed by atoms with Gasteiger partial charge in [0, 0.05) is 27.6 Å². The van der Waals surface area contributed by atoms with Gasteiger partial charge in [0.05, 0.1) is 11.2 Å². The van der Waals surface area contributed by atoms with Crippen LogP contribution in [-0.4, -0.2) is 19.9 Å². The van der Waals surface area contributed by atoms with Gasteiger partial charge in [0.15, 0.2) is 17.5 Å². The number of aromatic nitrogens is 4. The Labute approximate surface area is 300 Å². The fourth-order valence-corrected chi connectivity index (χ4v) is 7.21. The molecule has 52 heavy (non-hydrogen) atoms. The monoisotopic (exact) mass is 662 g/mol. The largest absolute Gasteiger partial charge is 0.248 e. The zero-order valence-electron chi connectivity index (χ0n) is 28.1. The van der Waals surface area contributed by atoms with Gasteiger partial charge >= 0.3 is 0 Å². The lowest BCUT2D eigenvalue weighted by molar-refractivity contribution is 1.08. The molecule has 0 amide bonds. The second kappa shape index (κ2) is 12.4. The average Bonchev–Trinajstić information content (AvgIpc) is 3.23. The van der Waals surface area contributed by atoms with Crippen LogP contribution in [0.1, 0.15) is 0 Å². The normalized spacial score (nSPS) is 11.5. The zero-order valence-corrected chi connectivity index (χ0v) is 28.1. The number of hydrogen-bond acceptors (Lipinski definition) is 4. The molecular weight excluding hydrogens is 633 g/mol. The van der Waals surface area contributed by atoms with Crippen LogP contribution in [0.5, 0.6) is 0 Å². The Balaban J connectivity index is 1.10. The lowest BCUT2D eigenvalue weighted by Crippen LogP contribution is -2.00. The van der Waals surface area contributed by atoms with E-state index in [2.05, 4.69) is 182 Å². The molecule has 0 N–H and O–H groups in total. The lowest BCUT2D eigenvalue weighted by Gasteiger charge is -2.13. The van der Waals surface area contributed by atoms with Crippen molar-refractivity contribution in [2.24, 2.45) is 0 Å². The van der Waals surface area contributed by atoms with Crippen molar-refractivity contribution in [1.29, 1.82) is 0 Å².